The van der Waals surface area contributed by atoms with Gasteiger partial charge in [-0.25, -0.2) is 0 Å². The van der Waals surface area contributed by atoms with Crippen molar-refractivity contribution in [2.45, 2.75) is 39.2 Å². The molecule has 0 aromatic carbocycles. The lowest BCUT2D eigenvalue weighted by atomic mass is 10.1. The number of carbonyl (C=O) groups excluding carboxylic acids is 2. The molecule has 1 aliphatic carbocycles. The molecule has 4 heteroatoms. The number of hydrogen-bond donors (Lipinski definition) is 1. The van der Waals surface area contributed by atoms with E-state index in [1.165, 1.54) is 13.8 Å². The first-order chi connectivity index (χ1) is 6.59. The average Bonchev–Trinajstić information content (AvgIpc) is 2.47. The van der Waals surface area contributed by atoms with Crippen LogP contribution >= 0.6 is 0 Å². The molecule has 14 heavy (non-hydrogen) atoms. The van der Waals surface area contributed by atoms with Crippen molar-refractivity contribution in [3.8, 4) is 0 Å². The summed E-state index contributed by atoms with van der Waals surface area (Å²) in [6, 6.07) is 0. The first-order valence-corrected chi connectivity index (χ1v) is 5.01. The summed E-state index contributed by atoms with van der Waals surface area (Å²) in [5.41, 5.74) is 0. The van der Waals surface area contributed by atoms with Crippen LogP contribution in [0.4, 0.5) is 0 Å². The van der Waals surface area contributed by atoms with Crippen molar-refractivity contribution in [3.05, 3.63) is 0 Å². The molecule has 1 aliphatic rings. The second-order valence-corrected chi connectivity index (χ2v) is 3.78. The molecule has 0 unspecified atom stereocenters. The Morgan fingerprint density at radius 2 is 2.07 bits per heavy atom. The van der Waals surface area contributed by atoms with Crippen molar-refractivity contribution < 1.29 is 14.3 Å². The van der Waals surface area contributed by atoms with E-state index in [9.17, 15) is 9.59 Å². The highest BCUT2D eigenvalue weighted by Gasteiger charge is 2.29. The fourth-order valence-corrected chi connectivity index (χ4v) is 1.88. The summed E-state index contributed by atoms with van der Waals surface area (Å²) >= 11 is 0. The fourth-order valence-electron chi connectivity index (χ4n) is 1.88. The number of hydrogen-bond acceptors (Lipinski definition) is 3. The van der Waals surface area contributed by atoms with Gasteiger partial charge in [0.25, 0.3) is 0 Å². The first-order valence-electron chi connectivity index (χ1n) is 5.01. The number of rotatable bonds is 3. The van der Waals surface area contributed by atoms with Gasteiger partial charge in [0.2, 0.25) is 5.91 Å². The van der Waals surface area contributed by atoms with E-state index in [1.54, 1.807) is 0 Å². The van der Waals surface area contributed by atoms with Crippen molar-refractivity contribution in [2.24, 2.45) is 5.92 Å². The molecule has 0 aromatic rings. The van der Waals surface area contributed by atoms with Crippen molar-refractivity contribution in [1.82, 2.24) is 5.32 Å². The summed E-state index contributed by atoms with van der Waals surface area (Å²) in [4.78, 5) is 21.5. The molecule has 0 heterocycles. The highest BCUT2D eigenvalue weighted by Crippen LogP contribution is 2.27. The Kier molecular flexibility index (Phi) is 3.92. The lowest BCUT2D eigenvalue weighted by Crippen LogP contribution is -2.32. The van der Waals surface area contributed by atoms with Gasteiger partial charge in [0.05, 0.1) is 0 Å². The van der Waals surface area contributed by atoms with Crippen LogP contribution in [0.15, 0.2) is 0 Å². The van der Waals surface area contributed by atoms with E-state index in [0.29, 0.717) is 12.5 Å². The number of amides is 1. The van der Waals surface area contributed by atoms with Crippen LogP contribution in [0.25, 0.3) is 0 Å². The van der Waals surface area contributed by atoms with Gasteiger partial charge in [-0.05, 0) is 19.3 Å². The maximum Gasteiger partial charge on any atom is 0.302 e. The van der Waals surface area contributed by atoms with Gasteiger partial charge in [0.1, 0.15) is 6.10 Å². The van der Waals surface area contributed by atoms with Gasteiger partial charge in [-0.2, -0.15) is 0 Å². The second-order valence-electron chi connectivity index (χ2n) is 3.78. The third-order valence-electron chi connectivity index (χ3n) is 2.52. The van der Waals surface area contributed by atoms with E-state index in [1.807, 2.05) is 0 Å². The highest BCUT2D eigenvalue weighted by atomic mass is 16.5. The van der Waals surface area contributed by atoms with E-state index in [0.717, 1.165) is 19.3 Å². The summed E-state index contributed by atoms with van der Waals surface area (Å²) in [6.07, 6.45) is 3.02. The van der Waals surface area contributed by atoms with Crippen molar-refractivity contribution in [3.63, 3.8) is 0 Å². The third kappa shape index (κ3) is 3.36. The number of ether oxygens (including phenoxy) is 1. The fraction of sp³-hybridized carbons (Fsp3) is 0.800. The third-order valence-corrected chi connectivity index (χ3v) is 2.52. The Labute approximate surface area is 84.0 Å². The molecule has 1 saturated carbocycles. The highest BCUT2D eigenvalue weighted by molar-refractivity contribution is 5.72. The van der Waals surface area contributed by atoms with Crippen LogP contribution in [-0.4, -0.2) is 24.5 Å². The molecule has 0 aliphatic heterocycles. The molecule has 1 rings (SSSR count). The summed E-state index contributed by atoms with van der Waals surface area (Å²) in [7, 11) is 0. The van der Waals surface area contributed by atoms with Crippen LogP contribution < -0.4 is 5.32 Å². The second kappa shape index (κ2) is 4.98. The molecule has 1 fully saturated rings. The summed E-state index contributed by atoms with van der Waals surface area (Å²) < 4.78 is 5.17. The lowest BCUT2D eigenvalue weighted by Gasteiger charge is -2.19. The van der Waals surface area contributed by atoms with Crippen LogP contribution in [0.1, 0.15) is 33.1 Å². The van der Waals surface area contributed by atoms with E-state index in [2.05, 4.69) is 5.32 Å². The Morgan fingerprint density at radius 3 is 2.64 bits per heavy atom. The molecule has 0 radical (unpaired) electrons. The molecule has 4 nitrogen and oxygen atoms in total. The van der Waals surface area contributed by atoms with Crippen LogP contribution in [0.3, 0.4) is 0 Å². The first kappa shape index (κ1) is 11.0. The van der Waals surface area contributed by atoms with Gasteiger partial charge >= 0.3 is 5.97 Å². The SMILES string of the molecule is CC(=O)NC[C@@H]1CCC[C@H]1OC(C)=O. The summed E-state index contributed by atoms with van der Waals surface area (Å²) in [6.45, 7) is 3.54. The monoisotopic (exact) mass is 199 g/mol. The smallest absolute Gasteiger partial charge is 0.302 e. The summed E-state index contributed by atoms with van der Waals surface area (Å²) in [5, 5.41) is 2.76. The molecule has 0 bridgehead atoms. The zero-order valence-electron chi connectivity index (χ0n) is 8.71. The van der Waals surface area contributed by atoms with Crippen LogP contribution in [0.2, 0.25) is 0 Å². The molecule has 80 valence electrons. The zero-order valence-corrected chi connectivity index (χ0v) is 8.71. The van der Waals surface area contributed by atoms with Gasteiger partial charge in [-0.15, -0.1) is 0 Å². The minimum atomic E-state index is -0.232. The average molecular weight is 199 g/mol. The lowest BCUT2D eigenvalue weighted by molar-refractivity contribution is -0.147. The minimum Gasteiger partial charge on any atom is -0.462 e. The Hall–Kier alpha value is -1.06. The van der Waals surface area contributed by atoms with E-state index in [-0.39, 0.29) is 18.0 Å². The predicted octanol–water partition coefficient (Wildman–Crippen LogP) is 0.854. The molecule has 1 amide bonds. The molecule has 0 aromatic heterocycles. The Balaban J connectivity index is 2.35. The van der Waals surface area contributed by atoms with E-state index >= 15 is 0 Å². The standard InChI is InChI=1S/C10H17NO3/c1-7(12)11-6-9-4-3-5-10(9)14-8(2)13/h9-10H,3-6H2,1-2H3,(H,11,12)/t9-,10+/m0/s1. The van der Waals surface area contributed by atoms with Gasteiger partial charge in [0, 0.05) is 26.3 Å². The predicted molar refractivity (Wildman–Crippen MR) is 51.6 cm³/mol. The molecular formula is C10H17NO3. The van der Waals surface area contributed by atoms with E-state index < -0.39 is 0 Å². The van der Waals surface area contributed by atoms with Crippen molar-refractivity contribution in [1.29, 1.82) is 0 Å². The Morgan fingerprint density at radius 1 is 1.36 bits per heavy atom. The zero-order chi connectivity index (χ0) is 10.6. The molecule has 0 spiro atoms. The molecule has 0 saturated heterocycles. The van der Waals surface area contributed by atoms with Gasteiger partial charge in [-0.1, -0.05) is 0 Å². The Bertz CT molecular complexity index is 227. The van der Waals surface area contributed by atoms with Gasteiger partial charge in [-0.3, -0.25) is 9.59 Å². The van der Waals surface area contributed by atoms with Crippen molar-refractivity contribution >= 4 is 11.9 Å². The molecular weight excluding hydrogens is 182 g/mol. The quantitative estimate of drug-likeness (QED) is 0.686. The van der Waals surface area contributed by atoms with Gasteiger partial charge < -0.3 is 10.1 Å². The maximum absolute atomic E-state index is 10.8. The van der Waals surface area contributed by atoms with E-state index in [4.69, 9.17) is 4.74 Å². The number of esters is 1. The van der Waals surface area contributed by atoms with Crippen LogP contribution in [0, 0.1) is 5.92 Å². The largest absolute Gasteiger partial charge is 0.462 e. The summed E-state index contributed by atoms with van der Waals surface area (Å²) in [5.74, 6) is 0.0333. The van der Waals surface area contributed by atoms with Crippen LogP contribution in [0.5, 0.6) is 0 Å². The molecule has 2 atom stereocenters. The molecule has 1 N–H and O–H groups in total. The maximum atomic E-state index is 10.8. The number of nitrogens with one attached hydrogen (secondary N) is 1. The topological polar surface area (TPSA) is 55.4 Å². The minimum absolute atomic E-state index is 0.000602. The van der Waals surface area contributed by atoms with Crippen molar-refractivity contribution in [2.75, 3.05) is 6.54 Å². The van der Waals surface area contributed by atoms with Crippen LogP contribution in [-0.2, 0) is 14.3 Å². The van der Waals surface area contributed by atoms with Gasteiger partial charge in [0.15, 0.2) is 0 Å². The normalized spacial score (nSPS) is 25.9. The number of carbonyl (C=O) groups is 2.